The Morgan fingerprint density at radius 1 is 1.21 bits per heavy atom. The van der Waals surface area contributed by atoms with Crippen LogP contribution in [0.25, 0.3) is 0 Å². The van der Waals surface area contributed by atoms with Crippen LogP contribution >= 0.6 is 27.5 Å². The highest BCUT2D eigenvalue weighted by Crippen LogP contribution is 2.30. The average molecular weight is 490 g/mol. The Hall–Kier alpha value is -1.81. The van der Waals surface area contributed by atoms with Gasteiger partial charge in [-0.25, -0.2) is 13.1 Å². The molecule has 3 rings (SSSR count). The van der Waals surface area contributed by atoms with E-state index in [4.69, 9.17) is 21.1 Å². The lowest BCUT2D eigenvalue weighted by atomic mass is 10.3. The van der Waals surface area contributed by atoms with Gasteiger partial charge in [0.1, 0.15) is 11.5 Å². The summed E-state index contributed by atoms with van der Waals surface area (Å²) in [5.74, 6) is 0.327. The molecule has 0 aromatic heterocycles. The van der Waals surface area contributed by atoms with Gasteiger partial charge in [0.2, 0.25) is 10.0 Å². The molecule has 0 bridgehead atoms. The van der Waals surface area contributed by atoms with Crippen LogP contribution in [0.5, 0.6) is 11.5 Å². The first-order valence-electron chi connectivity index (χ1n) is 8.36. The van der Waals surface area contributed by atoms with Crippen LogP contribution < -0.4 is 19.5 Å². The average Bonchev–Trinajstić information content (AvgIpc) is 3.44. The van der Waals surface area contributed by atoms with Crippen molar-refractivity contribution in [2.75, 3.05) is 19.0 Å². The zero-order valence-electron chi connectivity index (χ0n) is 14.9. The Balaban J connectivity index is 1.71. The second-order valence-corrected chi connectivity index (χ2v) is 9.17. The molecule has 1 fully saturated rings. The van der Waals surface area contributed by atoms with E-state index in [0.717, 1.165) is 12.8 Å². The number of hydrogen-bond donors (Lipinski definition) is 2. The van der Waals surface area contributed by atoms with Gasteiger partial charge in [0, 0.05) is 11.1 Å². The lowest BCUT2D eigenvalue weighted by Gasteiger charge is -2.13. The quantitative estimate of drug-likeness (QED) is 0.591. The van der Waals surface area contributed by atoms with E-state index in [1.807, 2.05) is 0 Å². The summed E-state index contributed by atoms with van der Waals surface area (Å²) in [4.78, 5) is 12.3. The van der Waals surface area contributed by atoms with E-state index in [2.05, 4.69) is 26.0 Å². The highest BCUT2D eigenvalue weighted by molar-refractivity contribution is 9.10. The summed E-state index contributed by atoms with van der Waals surface area (Å²) in [6, 6.07) is 9.20. The Morgan fingerprint density at radius 3 is 2.57 bits per heavy atom. The van der Waals surface area contributed by atoms with E-state index >= 15 is 0 Å². The molecule has 0 radical (unpaired) electrons. The summed E-state index contributed by atoms with van der Waals surface area (Å²) in [6.45, 7) is -0.277. The predicted octanol–water partition coefficient (Wildman–Crippen LogP) is 3.57. The van der Waals surface area contributed by atoms with Gasteiger partial charge in [-0.3, -0.25) is 4.79 Å². The van der Waals surface area contributed by atoms with Crippen molar-refractivity contribution in [1.29, 1.82) is 0 Å². The van der Waals surface area contributed by atoms with Crippen molar-refractivity contribution in [1.82, 2.24) is 4.72 Å². The number of sulfonamides is 1. The molecule has 2 aromatic carbocycles. The van der Waals surface area contributed by atoms with Crippen LogP contribution in [0.3, 0.4) is 0 Å². The SMILES string of the molecule is COc1ccc(S(=O)(=O)NC2CC2)cc1NC(=O)COc1ccc(Cl)cc1Br. The van der Waals surface area contributed by atoms with Gasteiger partial charge in [-0.2, -0.15) is 0 Å². The highest BCUT2D eigenvalue weighted by atomic mass is 79.9. The number of carbonyl (C=O) groups excluding carboxylic acids is 1. The van der Waals surface area contributed by atoms with E-state index in [-0.39, 0.29) is 23.2 Å². The second-order valence-electron chi connectivity index (χ2n) is 6.17. The zero-order valence-corrected chi connectivity index (χ0v) is 18.0. The fourth-order valence-electron chi connectivity index (χ4n) is 2.36. The maximum absolute atomic E-state index is 12.4. The summed E-state index contributed by atoms with van der Waals surface area (Å²) in [5, 5.41) is 3.16. The largest absolute Gasteiger partial charge is 0.495 e. The van der Waals surface area contributed by atoms with Crippen molar-refractivity contribution < 1.29 is 22.7 Å². The molecule has 28 heavy (non-hydrogen) atoms. The van der Waals surface area contributed by atoms with Crippen molar-refractivity contribution in [3.63, 3.8) is 0 Å². The lowest BCUT2D eigenvalue weighted by Crippen LogP contribution is -2.26. The summed E-state index contributed by atoms with van der Waals surface area (Å²) >= 11 is 9.18. The maximum atomic E-state index is 12.4. The molecule has 1 saturated carbocycles. The Morgan fingerprint density at radius 2 is 1.93 bits per heavy atom. The minimum absolute atomic E-state index is 0.0173. The fraction of sp³-hybridized carbons (Fsp3) is 0.278. The first-order chi connectivity index (χ1) is 13.3. The third-order valence-corrected chi connectivity index (χ3v) is 6.28. The molecular weight excluding hydrogens is 472 g/mol. The summed E-state index contributed by atoms with van der Waals surface area (Å²) in [7, 11) is -2.22. The number of methoxy groups -OCH3 is 1. The smallest absolute Gasteiger partial charge is 0.262 e. The normalized spacial score (nSPS) is 13.8. The molecule has 0 unspecified atom stereocenters. The Kier molecular flexibility index (Phi) is 6.49. The standard InChI is InChI=1S/C18H18BrClN2O5S/c1-26-17-7-5-13(28(24,25)22-12-3-4-12)9-15(17)21-18(23)10-27-16-6-2-11(20)8-14(16)19/h2,5-9,12,22H,3-4,10H2,1H3,(H,21,23). The van der Waals surface area contributed by atoms with Crippen LogP contribution in [0.4, 0.5) is 5.69 Å². The number of nitrogens with one attached hydrogen (secondary N) is 2. The van der Waals surface area contributed by atoms with Crippen molar-refractivity contribution in [2.24, 2.45) is 0 Å². The van der Waals surface area contributed by atoms with Crippen LogP contribution in [0.15, 0.2) is 45.8 Å². The highest BCUT2D eigenvalue weighted by Gasteiger charge is 2.28. The minimum atomic E-state index is -3.65. The second kappa shape index (κ2) is 8.69. The van der Waals surface area contributed by atoms with Crippen LogP contribution in [0, 0.1) is 0 Å². The first-order valence-corrected chi connectivity index (χ1v) is 11.0. The van der Waals surface area contributed by atoms with Crippen LogP contribution in [-0.4, -0.2) is 34.1 Å². The summed E-state index contributed by atoms with van der Waals surface area (Å²) < 4.78 is 38.7. The number of halogens is 2. The molecule has 1 aliphatic rings. The van der Waals surface area contributed by atoms with Crippen LogP contribution in [-0.2, 0) is 14.8 Å². The zero-order chi connectivity index (χ0) is 20.3. The van der Waals surface area contributed by atoms with E-state index in [1.54, 1.807) is 18.2 Å². The fourth-order valence-corrected chi connectivity index (χ4v) is 4.49. The third-order valence-electron chi connectivity index (χ3n) is 3.91. The van der Waals surface area contributed by atoms with Gasteiger partial charge in [0.25, 0.3) is 5.91 Å². The van der Waals surface area contributed by atoms with E-state index in [9.17, 15) is 13.2 Å². The monoisotopic (exact) mass is 488 g/mol. The molecule has 2 aromatic rings. The topological polar surface area (TPSA) is 93.7 Å². The molecule has 2 N–H and O–H groups in total. The number of ether oxygens (including phenoxy) is 2. The molecule has 1 aliphatic carbocycles. The van der Waals surface area contributed by atoms with Gasteiger partial charge in [0.15, 0.2) is 6.61 Å². The number of rotatable bonds is 8. The molecule has 0 spiro atoms. The van der Waals surface area contributed by atoms with Gasteiger partial charge in [-0.1, -0.05) is 11.6 Å². The van der Waals surface area contributed by atoms with Crippen LogP contribution in [0.2, 0.25) is 5.02 Å². The molecule has 7 nitrogen and oxygen atoms in total. The first kappa shape index (κ1) is 20.9. The van der Waals surface area contributed by atoms with E-state index in [0.29, 0.717) is 21.0 Å². The molecule has 0 saturated heterocycles. The number of benzene rings is 2. The van der Waals surface area contributed by atoms with Gasteiger partial charge >= 0.3 is 0 Å². The molecule has 1 amide bonds. The van der Waals surface area contributed by atoms with Crippen LogP contribution in [0.1, 0.15) is 12.8 Å². The Bertz CT molecular complexity index is 995. The van der Waals surface area contributed by atoms with Gasteiger partial charge < -0.3 is 14.8 Å². The number of carbonyl (C=O) groups is 1. The lowest BCUT2D eigenvalue weighted by molar-refractivity contribution is -0.118. The molecule has 0 heterocycles. The minimum Gasteiger partial charge on any atom is -0.495 e. The number of hydrogen-bond acceptors (Lipinski definition) is 5. The van der Waals surface area contributed by atoms with Crippen molar-refractivity contribution in [3.05, 3.63) is 45.9 Å². The molecule has 0 atom stereocenters. The summed E-state index contributed by atoms with van der Waals surface area (Å²) in [5.41, 5.74) is 0.241. The molecule has 150 valence electrons. The van der Waals surface area contributed by atoms with Crippen molar-refractivity contribution >= 4 is 49.1 Å². The Labute approximate surface area is 176 Å². The predicted molar refractivity (Wildman–Crippen MR) is 110 cm³/mol. The summed E-state index contributed by atoms with van der Waals surface area (Å²) in [6.07, 6.45) is 1.66. The van der Waals surface area contributed by atoms with E-state index in [1.165, 1.54) is 25.3 Å². The molecule has 10 heteroatoms. The van der Waals surface area contributed by atoms with Gasteiger partial charge in [-0.15, -0.1) is 0 Å². The van der Waals surface area contributed by atoms with Crippen molar-refractivity contribution in [2.45, 2.75) is 23.8 Å². The van der Waals surface area contributed by atoms with Gasteiger partial charge in [0.05, 0.1) is 22.2 Å². The van der Waals surface area contributed by atoms with E-state index < -0.39 is 15.9 Å². The molecule has 0 aliphatic heterocycles. The maximum Gasteiger partial charge on any atom is 0.262 e. The number of amides is 1. The van der Waals surface area contributed by atoms with Crippen molar-refractivity contribution in [3.8, 4) is 11.5 Å². The number of anilines is 1. The van der Waals surface area contributed by atoms with Gasteiger partial charge in [-0.05, 0) is 65.2 Å². The molecular formula is C18H18BrClN2O5S. The third kappa shape index (κ3) is 5.38.